The monoisotopic (exact) mass is 492 g/mol. The minimum absolute atomic E-state index is 0.109. The average molecular weight is 493 g/mol. The van der Waals surface area contributed by atoms with Crippen LogP contribution in [0.15, 0.2) is 36.4 Å². The lowest BCUT2D eigenvalue weighted by Crippen LogP contribution is -2.41. The largest absolute Gasteiger partial charge is 0.460 e. The lowest BCUT2D eigenvalue weighted by atomic mass is 9.97. The molecule has 2 rings (SSSR count). The Bertz CT molecular complexity index is 925. The summed E-state index contributed by atoms with van der Waals surface area (Å²) in [5, 5.41) is 11.1. The van der Waals surface area contributed by atoms with Gasteiger partial charge in [-0.1, -0.05) is 18.7 Å². The van der Waals surface area contributed by atoms with Gasteiger partial charge in [0.15, 0.2) is 0 Å². The predicted octanol–water partition coefficient (Wildman–Crippen LogP) is 3.40. The van der Waals surface area contributed by atoms with E-state index in [1.165, 1.54) is 17.0 Å². The number of ether oxygens (including phenoxy) is 4. The fourth-order valence-electron chi connectivity index (χ4n) is 3.39. The van der Waals surface area contributed by atoms with E-state index in [0.717, 1.165) is 0 Å². The molecule has 0 radical (unpaired) electrons. The Labute approximate surface area is 204 Å². The molecule has 0 spiro atoms. The first-order valence-corrected chi connectivity index (χ1v) is 11.4. The first-order valence-electron chi connectivity index (χ1n) is 11.4. The zero-order valence-electron chi connectivity index (χ0n) is 20.3. The quantitative estimate of drug-likeness (QED) is 0.150. The number of likely N-dealkylation sites (tertiary alicyclic amines) is 1. The predicted molar refractivity (Wildman–Crippen MR) is 124 cm³/mol. The topological polar surface area (TPSA) is 135 Å². The van der Waals surface area contributed by atoms with Crippen LogP contribution in [0.1, 0.15) is 39.2 Å². The Morgan fingerprint density at radius 3 is 2.31 bits per heavy atom. The number of nitrogens with zero attached hydrogens (tertiary/aromatic N) is 2. The van der Waals surface area contributed by atoms with E-state index >= 15 is 0 Å². The number of nitro benzene ring substituents is 1. The van der Waals surface area contributed by atoms with E-state index in [0.29, 0.717) is 37.1 Å². The number of hydrogen-bond donors (Lipinski definition) is 0. The molecule has 0 N–H and O–H groups in total. The van der Waals surface area contributed by atoms with Crippen LogP contribution in [-0.2, 0) is 35.1 Å². The van der Waals surface area contributed by atoms with Crippen molar-refractivity contribution in [3.8, 4) is 0 Å². The van der Waals surface area contributed by atoms with Crippen molar-refractivity contribution in [2.75, 3.05) is 26.3 Å². The standard InChI is InChI=1S/C24H32N2O9/c1-16(2)22(27)34-17(3)13-32-14-18(4)35-23(28)19-9-11-25(12-10-19)24(29)33-15-20-7-5-6-8-21(20)26(30)31/h5-8,17-19H,1,9-15H2,2-4H3. The molecule has 0 aromatic heterocycles. The van der Waals surface area contributed by atoms with Gasteiger partial charge in [-0.25, -0.2) is 9.59 Å². The van der Waals surface area contributed by atoms with Gasteiger partial charge in [-0.05, 0) is 39.7 Å². The third-order valence-corrected chi connectivity index (χ3v) is 5.31. The zero-order chi connectivity index (χ0) is 26.0. The van der Waals surface area contributed by atoms with Crippen LogP contribution in [0.25, 0.3) is 0 Å². The number of carbonyl (C=O) groups excluding carboxylic acids is 3. The van der Waals surface area contributed by atoms with Gasteiger partial charge >= 0.3 is 18.0 Å². The summed E-state index contributed by atoms with van der Waals surface area (Å²) < 4.78 is 21.3. The summed E-state index contributed by atoms with van der Waals surface area (Å²) in [6.07, 6.45) is -0.699. The summed E-state index contributed by atoms with van der Waals surface area (Å²) in [7, 11) is 0. The highest BCUT2D eigenvalue weighted by Gasteiger charge is 2.30. The Morgan fingerprint density at radius 1 is 1.11 bits per heavy atom. The smallest absolute Gasteiger partial charge is 0.410 e. The number of carbonyl (C=O) groups is 3. The Hall–Kier alpha value is -3.47. The molecule has 1 amide bonds. The fourth-order valence-corrected chi connectivity index (χ4v) is 3.39. The number of rotatable bonds is 11. The van der Waals surface area contributed by atoms with E-state index in [9.17, 15) is 24.5 Å². The molecule has 1 fully saturated rings. The van der Waals surface area contributed by atoms with Crippen LogP contribution in [0.2, 0.25) is 0 Å². The highest BCUT2D eigenvalue weighted by molar-refractivity contribution is 5.87. The van der Waals surface area contributed by atoms with Crippen LogP contribution < -0.4 is 0 Å². The third kappa shape index (κ3) is 9.01. The normalized spacial score (nSPS) is 15.6. The lowest BCUT2D eigenvalue weighted by Gasteiger charge is -2.30. The highest BCUT2D eigenvalue weighted by Crippen LogP contribution is 2.22. The average Bonchev–Trinajstić information content (AvgIpc) is 2.82. The van der Waals surface area contributed by atoms with E-state index in [1.54, 1.807) is 32.9 Å². The Morgan fingerprint density at radius 2 is 1.71 bits per heavy atom. The molecule has 1 aliphatic rings. The molecule has 2 unspecified atom stereocenters. The van der Waals surface area contributed by atoms with Crippen LogP contribution in [0, 0.1) is 16.0 Å². The number of hydrogen-bond acceptors (Lipinski definition) is 9. The van der Waals surface area contributed by atoms with Gasteiger partial charge in [0.25, 0.3) is 5.69 Å². The molecule has 2 atom stereocenters. The van der Waals surface area contributed by atoms with E-state index in [4.69, 9.17) is 18.9 Å². The number of para-hydroxylation sites is 1. The second-order valence-electron chi connectivity index (χ2n) is 8.48. The van der Waals surface area contributed by atoms with Crippen LogP contribution in [0.4, 0.5) is 10.5 Å². The second-order valence-corrected chi connectivity index (χ2v) is 8.48. The maximum atomic E-state index is 12.5. The van der Waals surface area contributed by atoms with Crippen LogP contribution in [0.5, 0.6) is 0 Å². The van der Waals surface area contributed by atoms with Gasteiger partial charge in [0.05, 0.1) is 29.6 Å². The van der Waals surface area contributed by atoms with E-state index in [-0.39, 0.29) is 37.4 Å². The van der Waals surface area contributed by atoms with Crippen molar-refractivity contribution < 1.29 is 38.3 Å². The van der Waals surface area contributed by atoms with Crippen molar-refractivity contribution in [1.82, 2.24) is 4.90 Å². The van der Waals surface area contributed by atoms with E-state index in [2.05, 4.69) is 6.58 Å². The first kappa shape index (κ1) is 27.8. The molecular weight excluding hydrogens is 460 g/mol. The number of piperidine rings is 1. The van der Waals surface area contributed by atoms with Crippen molar-refractivity contribution in [2.45, 2.75) is 52.4 Å². The first-order chi connectivity index (χ1) is 16.6. The molecule has 1 aromatic rings. The molecule has 1 aromatic carbocycles. The van der Waals surface area contributed by atoms with Crippen LogP contribution in [-0.4, -0.2) is 66.4 Å². The summed E-state index contributed by atoms with van der Waals surface area (Å²) in [5.74, 6) is -1.21. The van der Waals surface area contributed by atoms with Crippen molar-refractivity contribution in [2.24, 2.45) is 5.92 Å². The molecule has 1 aliphatic heterocycles. The molecule has 11 nitrogen and oxygen atoms in total. The summed E-state index contributed by atoms with van der Waals surface area (Å²) in [5.41, 5.74) is 0.504. The summed E-state index contributed by atoms with van der Waals surface area (Å²) in [6, 6.07) is 6.07. The van der Waals surface area contributed by atoms with Crippen LogP contribution >= 0.6 is 0 Å². The lowest BCUT2D eigenvalue weighted by molar-refractivity contribution is -0.385. The molecule has 0 aliphatic carbocycles. The SMILES string of the molecule is C=C(C)C(=O)OC(C)COCC(C)OC(=O)C1CCN(C(=O)OCc2ccccc2[N+](=O)[O-])CC1. The maximum absolute atomic E-state index is 12.5. The summed E-state index contributed by atoms with van der Waals surface area (Å²) in [4.78, 5) is 48.3. The minimum Gasteiger partial charge on any atom is -0.460 e. The Kier molecular flexibility index (Phi) is 10.7. The maximum Gasteiger partial charge on any atom is 0.410 e. The van der Waals surface area contributed by atoms with Gasteiger partial charge in [-0.2, -0.15) is 0 Å². The zero-order valence-corrected chi connectivity index (χ0v) is 20.3. The third-order valence-electron chi connectivity index (χ3n) is 5.31. The molecule has 35 heavy (non-hydrogen) atoms. The summed E-state index contributed by atoms with van der Waals surface area (Å²) >= 11 is 0. The molecule has 1 saturated heterocycles. The van der Waals surface area contributed by atoms with Crippen molar-refractivity contribution in [3.05, 3.63) is 52.1 Å². The highest BCUT2D eigenvalue weighted by atomic mass is 16.6. The number of benzene rings is 1. The number of amides is 1. The van der Waals surface area contributed by atoms with Crippen LogP contribution in [0.3, 0.4) is 0 Å². The molecule has 1 heterocycles. The van der Waals surface area contributed by atoms with Gasteiger partial charge in [-0.15, -0.1) is 0 Å². The molecule has 11 heteroatoms. The van der Waals surface area contributed by atoms with E-state index in [1.807, 2.05) is 0 Å². The van der Waals surface area contributed by atoms with Crippen molar-refractivity contribution in [3.63, 3.8) is 0 Å². The molecule has 0 bridgehead atoms. The number of esters is 2. The van der Waals surface area contributed by atoms with Gasteiger partial charge in [0, 0.05) is 24.7 Å². The van der Waals surface area contributed by atoms with Gasteiger partial charge < -0.3 is 23.8 Å². The van der Waals surface area contributed by atoms with Crippen molar-refractivity contribution in [1.29, 1.82) is 0 Å². The van der Waals surface area contributed by atoms with Gasteiger partial charge in [0.2, 0.25) is 0 Å². The molecule has 0 saturated carbocycles. The minimum atomic E-state index is -0.585. The molecular formula is C24H32N2O9. The Balaban J connectivity index is 1.68. The van der Waals surface area contributed by atoms with Crippen molar-refractivity contribution >= 4 is 23.7 Å². The fraction of sp³-hybridized carbons (Fsp3) is 0.542. The van der Waals surface area contributed by atoms with E-state index < -0.39 is 29.2 Å². The number of nitro groups is 1. The summed E-state index contributed by atoms with van der Waals surface area (Å²) in [6.45, 7) is 9.20. The molecule has 192 valence electrons. The van der Waals surface area contributed by atoms with Gasteiger partial charge in [-0.3, -0.25) is 14.9 Å². The van der Waals surface area contributed by atoms with Gasteiger partial charge in [0.1, 0.15) is 18.8 Å². The second kappa shape index (κ2) is 13.4.